The van der Waals surface area contributed by atoms with Crippen molar-refractivity contribution in [3.8, 4) is 17.2 Å². The highest BCUT2D eigenvalue weighted by Gasteiger charge is 2.07. The number of hydrogen-bond donors (Lipinski definition) is 0. The first-order valence-corrected chi connectivity index (χ1v) is 5.44. The number of aryl methyl sites for hydroxylation is 1. The molecule has 0 atom stereocenters. The summed E-state index contributed by atoms with van der Waals surface area (Å²) < 4.78 is 0. The molecule has 16 heavy (non-hydrogen) atoms. The molecule has 2 aromatic rings. The van der Waals surface area contributed by atoms with Crippen molar-refractivity contribution < 1.29 is 0 Å². The molecule has 0 spiro atoms. The van der Waals surface area contributed by atoms with E-state index in [1.165, 1.54) is 0 Å². The van der Waals surface area contributed by atoms with Gasteiger partial charge in [0.2, 0.25) is 0 Å². The molecule has 0 unspecified atom stereocenters. The summed E-state index contributed by atoms with van der Waals surface area (Å²) in [6.07, 6.45) is 0.892. The molecule has 0 bridgehead atoms. The summed E-state index contributed by atoms with van der Waals surface area (Å²) in [5, 5.41) is 9.24. The Bertz CT molecular complexity index is 521. The largest absolute Gasteiger partial charge is 0.192 e. The lowest BCUT2D eigenvalue weighted by Gasteiger charge is -2.07. The molecule has 0 saturated carbocycles. The highest BCUT2D eigenvalue weighted by atomic mass is 14.3. The zero-order chi connectivity index (χ0) is 11.4. The van der Waals surface area contributed by atoms with Crippen molar-refractivity contribution in [1.29, 1.82) is 5.26 Å². The van der Waals surface area contributed by atoms with Crippen molar-refractivity contribution in [2.45, 2.75) is 13.3 Å². The Morgan fingerprint density at radius 2 is 1.75 bits per heavy atom. The van der Waals surface area contributed by atoms with Crippen molar-refractivity contribution in [3.63, 3.8) is 0 Å². The second-order valence-corrected chi connectivity index (χ2v) is 3.67. The van der Waals surface area contributed by atoms with Crippen LogP contribution in [0.1, 0.15) is 18.1 Å². The minimum atomic E-state index is 0.802. The van der Waals surface area contributed by atoms with Gasteiger partial charge >= 0.3 is 0 Å². The van der Waals surface area contributed by atoms with E-state index in [1.54, 1.807) is 0 Å². The molecular formula is C15H13N. The van der Waals surface area contributed by atoms with E-state index < -0.39 is 0 Å². The van der Waals surface area contributed by atoms with Crippen LogP contribution >= 0.6 is 0 Å². The zero-order valence-corrected chi connectivity index (χ0v) is 9.27. The summed E-state index contributed by atoms with van der Waals surface area (Å²) in [7, 11) is 0. The van der Waals surface area contributed by atoms with Gasteiger partial charge in [-0.25, -0.2) is 0 Å². The lowest BCUT2D eigenvalue weighted by molar-refractivity contribution is 1.13. The maximum absolute atomic E-state index is 9.24. The molecule has 2 aromatic carbocycles. The summed E-state index contributed by atoms with van der Waals surface area (Å²) in [6, 6.07) is 18.4. The third-order valence-electron chi connectivity index (χ3n) is 2.73. The van der Waals surface area contributed by atoms with E-state index >= 15 is 0 Å². The molecule has 78 valence electrons. The van der Waals surface area contributed by atoms with Crippen LogP contribution < -0.4 is 0 Å². The predicted molar refractivity (Wildman–Crippen MR) is 66.0 cm³/mol. The zero-order valence-electron chi connectivity index (χ0n) is 9.27. The Morgan fingerprint density at radius 1 is 1.00 bits per heavy atom. The molecule has 0 N–H and O–H groups in total. The van der Waals surface area contributed by atoms with Gasteiger partial charge in [-0.3, -0.25) is 0 Å². The molecule has 0 fully saturated rings. The Balaban J connectivity index is 2.63. The minimum absolute atomic E-state index is 0.802. The van der Waals surface area contributed by atoms with Crippen LogP contribution in [-0.4, -0.2) is 0 Å². The number of rotatable bonds is 2. The van der Waals surface area contributed by atoms with Gasteiger partial charge in [-0.05, 0) is 23.1 Å². The quantitative estimate of drug-likeness (QED) is 0.735. The molecule has 0 radical (unpaired) electrons. The van der Waals surface area contributed by atoms with Gasteiger partial charge in [0.15, 0.2) is 0 Å². The molecule has 0 aliphatic rings. The monoisotopic (exact) mass is 207 g/mol. The van der Waals surface area contributed by atoms with Crippen molar-refractivity contribution in [2.24, 2.45) is 0 Å². The summed E-state index contributed by atoms with van der Waals surface area (Å²) in [4.78, 5) is 0. The van der Waals surface area contributed by atoms with Crippen LogP contribution in [0.3, 0.4) is 0 Å². The Morgan fingerprint density at radius 3 is 2.38 bits per heavy atom. The van der Waals surface area contributed by atoms with Crippen LogP contribution in [-0.2, 0) is 6.42 Å². The SMILES string of the molecule is CCc1cccc(-c2ccccc2)c1C#N. The molecule has 0 heterocycles. The first-order chi connectivity index (χ1) is 7.86. The fourth-order valence-electron chi connectivity index (χ4n) is 1.89. The molecule has 0 amide bonds. The van der Waals surface area contributed by atoms with Gasteiger partial charge in [-0.1, -0.05) is 55.5 Å². The van der Waals surface area contributed by atoms with E-state index in [0.717, 1.165) is 28.7 Å². The van der Waals surface area contributed by atoms with Gasteiger partial charge < -0.3 is 0 Å². The second kappa shape index (κ2) is 4.63. The van der Waals surface area contributed by atoms with Crippen molar-refractivity contribution in [1.82, 2.24) is 0 Å². The first kappa shape index (κ1) is 10.4. The van der Waals surface area contributed by atoms with Gasteiger partial charge in [0.1, 0.15) is 6.07 Å². The van der Waals surface area contributed by atoms with E-state index in [-0.39, 0.29) is 0 Å². The van der Waals surface area contributed by atoms with Gasteiger partial charge in [0.05, 0.1) is 5.56 Å². The van der Waals surface area contributed by atoms with E-state index in [2.05, 4.69) is 13.0 Å². The average molecular weight is 207 g/mol. The Kier molecular flexibility index (Phi) is 3.03. The fourth-order valence-corrected chi connectivity index (χ4v) is 1.89. The van der Waals surface area contributed by atoms with Gasteiger partial charge in [-0.15, -0.1) is 0 Å². The molecule has 1 nitrogen and oxygen atoms in total. The smallest absolute Gasteiger partial charge is 0.100 e. The summed E-state index contributed by atoms with van der Waals surface area (Å²) in [6.45, 7) is 2.07. The Labute approximate surface area is 96.0 Å². The van der Waals surface area contributed by atoms with Crippen LogP contribution in [0.4, 0.5) is 0 Å². The van der Waals surface area contributed by atoms with Crippen molar-refractivity contribution in [3.05, 3.63) is 59.7 Å². The van der Waals surface area contributed by atoms with E-state index in [4.69, 9.17) is 0 Å². The average Bonchev–Trinajstić information content (AvgIpc) is 2.38. The van der Waals surface area contributed by atoms with Gasteiger partial charge in [-0.2, -0.15) is 5.26 Å². The fraction of sp³-hybridized carbons (Fsp3) is 0.133. The number of benzene rings is 2. The third-order valence-corrected chi connectivity index (χ3v) is 2.73. The highest BCUT2D eigenvalue weighted by molar-refractivity contribution is 5.72. The van der Waals surface area contributed by atoms with E-state index in [1.807, 2.05) is 48.5 Å². The van der Waals surface area contributed by atoms with E-state index in [0.29, 0.717) is 0 Å². The molecule has 0 saturated heterocycles. The van der Waals surface area contributed by atoms with Crippen LogP contribution in [0.2, 0.25) is 0 Å². The van der Waals surface area contributed by atoms with Crippen LogP contribution in [0, 0.1) is 11.3 Å². The number of nitriles is 1. The molecule has 0 aliphatic heterocycles. The highest BCUT2D eigenvalue weighted by Crippen LogP contribution is 2.25. The van der Waals surface area contributed by atoms with Crippen LogP contribution in [0.5, 0.6) is 0 Å². The molecule has 1 heteroatoms. The van der Waals surface area contributed by atoms with Gasteiger partial charge in [0, 0.05) is 0 Å². The molecule has 0 aromatic heterocycles. The molecule has 0 aliphatic carbocycles. The normalized spacial score (nSPS) is 9.75. The predicted octanol–water partition coefficient (Wildman–Crippen LogP) is 3.79. The first-order valence-electron chi connectivity index (χ1n) is 5.44. The maximum atomic E-state index is 9.24. The van der Waals surface area contributed by atoms with Crippen molar-refractivity contribution in [2.75, 3.05) is 0 Å². The number of nitrogens with zero attached hydrogens (tertiary/aromatic N) is 1. The minimum Gasteiger partial charge on any atom is -0.192 e. The lowest BCUT2D eigenvalue weighted by atomic mass is 9.95. The summed E-state index contributed by atoms with van der Waals surface area (Å²) >= 11 is 0. The molecular weight excluding hydrogens is 194 g/mol. The Hall–Kier alpha value is -2.07. The third kappa shape index (κ3) is 1.83. The lowest BCUT2D eigenvalue weighted by Crippen LogP contribution is -1.91. The summed E-state index contributed by atoms with van der Waals surface area (Å²) in [5.74, 6) is 0. The van der Waals surface area contributed by atoms with Crippen LogP contribution in [0.15, 0.2) is 48.5 Å². The van der Waals surface area contributed by atoms with Crippen LogP contribution in [0.25, 0.3) is 11.1 Å². The topological polar surface area (TPSA) is 23.8 Å². The van der Waals surface area contributed by atoms with Crippen molar-refractivity contribution >= 4 is 0 Å². The number of hydrogen-bond acceptors (Lipinski definition) is 1. The summed E-state index contributed by atoms with van der Waals surface area (Å²) in [5.41, 5.74) is 4.05. The standard InChI is InChI=1S/C15H13N/c1-2-12-9-6-10-14(15(12)11-16)13-7-4-3-5-8-13/h3-10H,2H2,1H3. The van der Waals surface area contributed by atoms with Gasteiger partial charge in [0.25, 0.3) is 0 Å². The maximum Gasteiger partial charge on any atom is 0.100 e. The van der Waals surface area contributed by atoms with E-state index in [9.17, 15) is 5.26 Å². The molecule has 2 rings (SSSR count). The second-order valence-electron chi connectivity index (χ2n) is 3.67.